The molecule has 3 atom stereocenters. The lowest BCUT2D eigenvalue weighted by atomic mass is 9.85. The number of hydrogen-bond acceptors (Lipinski definition) is 1. The van der Waals surface area contributed by atoms with E-state index in [0.29, 0.717) is 11.3 Å². The van der Waals surface area contributed by atoms with E-state index in [2.05, 4.69) is 98.6 Å². The second kappa shape index (κ2) is 6.77. The summed E-state index contributed by atoms with van der Waals surface area (Å²) in [5, 5.41) is 5.52. The van der Waals surface area contributed by atoms with Gasteiger partial charge in [0.05, 0.1) is 0 Å². The van der Waals surface area contributed by atoms with Crippen LogP contribution in [0.15, 0.2) is 72.8 Å². The van der Waals surface area contributed by atoms with Gasteiger partial charge in [-0.05, 0) is 101 Å². The average molecular weight is 472 g/mol. The Labute approximate surface area is 209 Å². The minimum absolute atomic E-state index is 0.385. The van der Waals surface area contributed by atoms with E-state index in [4.69, 9.17) is 0 Å². The summed E-state index contributed by atoms with van der Waals surface area (Å²) < 4.78 is 2.84. The summed E-state index contributed by atoms with van der Waals surface area (Å²) in [6, 6.07) is 27.9. The number of fused-ring (bicyclic) bond motifs is 7. The molecule has 2 aromatic heterocycles. The smallest absolute Gasteiger partial charge is 0.0465 e. The SMILES string of the molecule is CCC(C)c1ccc2sc3c(-c4ccc5[nH]c6ccccc6c5c4)cc(C4(C)C5CC54)cc3c2c1. The highest BCUT2D eigenvalue weighted by atomic mass is 32.1. The highest BCUT2D eigenvalue weighted by Gasteiger charge is 2.74. The van der Waals surface area contributed by atoms with Gasteiger partial charge in [-0.15, -0.1) is 11.3 Å². The van der Waals surface area contributed by atoms with E-state index in [0.717, 1.165) is 11.8 Å². The number of aromatic amines is 1. The van der Waals surface area contributed by atoms with Gasteiger partial charge >= 0.3 is 0 Å². The van der Waals surface area contributed by atoms with Crippen LogP contribution >= 0.6 is 11.3 Å². The minimum Gasteiger partial charge on any atom is -0.355 e. The van der Waals surface area contributed by atoms with Crippen molar-refractivity contribution in [3.05, 3.63) is 83.9 Å². The molecule has 0 saturated heterocycles. The van der Waals surface area contributed by atoms with Crippen molar-refractivity contribution in [3.63, 3.8) is 0 Å². The lowest BCUT2D eigenvalue weighted by Gasteiger charge is -2.19. The van der Waals surface area contributed by atoms with E-state index in [-0.39, 0.29) is 0 Å². The van der Waals surface area contributed by atoms with Crippen LogP contribution in [0.1, 0.15) is 50.7 Å². The number of aromatic nitrogens is 1. The Bertz CT molecular complexity index is 1810. The minimum atomic E-state index is 0.385. The number of hydrogen-bond donors (Lipinski definition) is 1. The first-order valence-electron chi connectivity index (χ1n) is 13.1. The molecule has 2 heteroatoms. The van der Waals surface area contributed by atoms with E-state index in [9.17, 15) is 0 Å². The standard InChI is InChI=1S/C33H29NS/c1-4-18(2)19-10-12-31-25(13-19)26-16-21(33(3)27-17-28(27)33)15-23(32(26)35-31)20-9-11-30-24(14-20)22-7-5-6-8-29(22)34-30/h5-16,18,27-28,34H,4,17H2,1-3H3. The van der Waals surface area contributed by atoms with Crippen LogP contribution < -0.4 is 0 Å². The maximum absolute atomic E-state index is 3.60. The summed E-state index contributed by atoms with van der Waals surface area (Å²) in [7, 11) is 0. The van der Waals surface area contributed by atoms with Gasteiger partial charge in [0.15, 0.2) is 0 Å². The van der Waals surface area contributed by atoms with Gasteiger partial charge in [-0.3, -0.25) is 0 Å². The zero-order valence-corrected chi connectivity index (χ0v) is 21.3. The second-order valence-corrected chi connectivity index (χ2v) is 12.3. The van der Waals surface area contributed by atoms with Crippen LogP contribution in [0.2, 0.25) is 0 Å². The lowest BCUT2D eigenvalue weighted by molar-refractivity contribution is 0.563. The molecule has 3 unspecified atom stereocenters. The first-order valence-corrected chi connectivity index (χ1v) is 13.9. The van der Waals surface area contributed by atoms with Gasteiger partial charge in [0.2, 0.25) is 0 Å². The van der Waals surface area contributed by atoms with Crippen molar-refractivity contribution in [2.24, 2.45) is 11.8 Å². The Balaban J connectivity index is 1.42. The van der Waals surface area contributed by atoms with Crippen LogP contribution in [-0.4, -0.2) is 4.98 Å². The van der Waals surface area contributed by atoms with Crippen molar-refractivity contribution in [3.8, 4) is 11.1 Å². The third-order valence-electron chi connectivity index (χ3n) is 9.44. The molecule has 6 aromatic rings. The molecule has 2 aliphatic carbocycles. The summed E-state index contributed by atoms with van der Waals surface area (Å²) in [5.41, 5.74) is 8.57. The second-order valence-electron chi connectivity index (χ2n) is 11.2. The zero-order valence-electron chi connectivity index (χ0n) is 20.5. The predicted octanol–water partition coefficient (Wildman–Crippen LogP) is 9.78. The van der Waals surface area contributed by atoms with Gasteiger partial charge in [0.25, 0.3) is 0 Å². The van der Waals surface area contributed by atoms with Gasteiger partial charge in [0, 0.05) is 42.0 Å². The maximum atomic E-state index is 3.60. The third-order valence-corrected chi connectivity index (χ3v) is 10.7. The molecule has 0 aliphatic heterocycles. The molecule has 0 spiro atoms. The summed E-state index contributed by atoms with van der Waals surface area (Å²) in [5.74, 6) is 2.41. The lowest BCUT2D eigenvalue weighted by Crippen LogP contribution is -2.11. The topological polar surface area (TPSA) is 15.8 Å². The van der Waals surface area contributed by atoms with Crippen LogP contribution in [0.3, 0.4) is 0 Å². The summed E-state index contributed by atoms with van der Waals surface area (Å²) in [4.78, 5) is 3.60. The Morgan fingerprint density at radius 1 is 0.886 bits per heavy atom. The van der Waals surface area contributed by atoms with Gasteiger partial charge in [-0.25, -0.2) is 0 Å². The van der Waals surface area contributed by atoms with E-state index >= 15 is 0 Å². The number of H-pyrrole nitrogens is 1. The normalized spacial score (nSPS) is 23.9. The fourth-order valence-electron chi connectivity index (χ4n) is 6.63. The predicted molar refractivity (Wildman–Crippen MR) is 152 cm³/mol. The molecule has 8 rings (SSSR count). The van der Waals surface area contributed by atoms with Crippen LogP contribution in [0.25, 0.3) is 53.1 Å². The van der Waals surface area contributed by atoms with Crippen molar-refractivity contribution >= 4 is 53.3 Å². The van der Waals surface area contributed by atoms with Crippen molar-refractivity contribution in [2.45, 2.75) is 44.9 Å². The fourth-order valence-corrected chi connectivity index (χ4v) is 7.83. The first-order chi connectivity index (χ1) is 17.1. The van der Waals surface area contributed by atoms with Crippen molar-refractivity contribution in [2.75, 3.05) is 0 Å². The van der Waals surface area contributed by atoms with Gasteiger partial charge in [0.1, 0.15) is 0 Å². The number of benzene rings is 4. The van der Waals surface area contributed by atoms with Crippen molar-refractivity contribution < 1.29 is 0 Å². The molecule has 1 N–H and O–H groups in total. The van der Waals surface area contributed by atoms with Crippen molar-refractivity contribution in [1.82, 2.24) is 4.98 Å². The third kappa shape index (κ3) is 2.69. The molecule has 35 heavy (non-hydrogen) atoms. The zero-order chi connectivity index (χ0) is 23.5. The first kappa shape index (κ1) is 20.1. The summed E-state index contributed by atoms with van der Waals surface area (Å²) in [6.07, 6.45) is 2.60. The van der Waals surface area contributed by atoms with Crippen LogP contribution in [0.5, 0.6) is 0 Å². The molecular weight excluding hydrogens is 442 g/mol. The highest BCUT2D eigenvalue weighted by Crippen LogP contribution is 2.77. The van der Waals surface area contributed by atoms with E-state index in [1.807, 2.05) is 11.3 Å². The summed E-state index contributed by atoms with van der Waals surface area (Å²) in [6.45, 7) is 7.14. The number of para-hydroxylation sites is 1. The van der Waals surface area contributed by atoms with E-state index in [1.165, 1.54) is 71.5 Å². The quantitative estimate of drug-likeness (QED) is 0.263. The average Bonchev–Trinajstić information content (AvgIpc) is 3.73. The highest BCUT2D eigenvalue weighted by molar-refractivity contribution is 7.26. The Morgan fingerprint density at radius 3 is 2.51 bits per heavy atom. The molecule has 0 bridgehead atoms. The molecule has 2 heterocycles. The Hall–Kier alpha value is -3.10. The molecule has 2 saturated carbocycles. The number of rotatable bonds is 4. The van der Waals surface area contributed by atoms with Gasteiger partial charge in [-0.1, -0.05) is 51.1 Å². The van der Waals surface area contributed by atoms with E-state index < -0.39 is 0 Å². The Kier molecular flexibility index (Phi) is 3.89. The number of nitrogens with one attached hydrogen (secondary N) is 1. The fraction of sp³-hybridized carbons (Fsp3) is 0.273. The maximum Gasteiger partial charge on any atom is 0.0465 e. The monoisotopic (exact) mass is 471 g/mol. The Morgan fingerprint density at radius 2 is 1.71 bits per heavy atom. The summed E-state index contributed by atoms with van der Waals surface area (Å²) >= 11 is 1.97. The van der Waals surface area contributed by atoms with Gasteiger partial charge in [-0.2, -0.15) is 0 Å². The van der Waals surface area contributed by atoms with Crippen molar-refractivity contribution in [1.29, 1.82) is 0 Å². The molecular formula is C33H29NS. The molecule has 0 amide bonds. The van der Waals surface area contributed by atoms with E-state index in [1.54, 1.807) is 5.56 Å². The number of thiophene rings is 1. The van der Waals surface area contributed by atoms with Crippen LogP contribution in [0.4, 0.5) is 0 Å². The molecule has 2 aliphatic rings. The molecule has 172 valence electrons. The molecule has 0 radical (unpaired) electrons. The molecule has 1 nitrogen and oxygen atoms in total. The molecule has 4 aromatic carbocycles. The largest absolute Gasteiger partial charge is 0.355 e. The van der Waals surface area contributed by atoms with Crippen LogP contribution in [0, 0.1) is 11.8 Å². The van der Waals surface area contributed by atoms with Gasteiger partial charge < -0.3 is 4.98 Å². The van der Waals surface area contributed by atoms with Crippen LogP contribution in [-0.2, 0) is 5.41 Å². The molecule has 2 fully saturated rings.